The third-order valence-electron chi connectivity index (χ3n) is 1.79. The van der Waals surface area contributed by atoms with Crippen LogP contribution in [-0.2, 0) is 14.3 Å². The zero-order valence-electron chi connectivity index (χ0n) is 9.10. The van der Waals surface area contributed by atoms with Gasteiger partial charge in [-0.25, -0.2) is 9.59 Å². The number of hydrogen-bond donors (Lipinski definition) is 0. The number of methoxy groups -OCH3 is 1. The zero-order valence-corrected chi connectivity index (χ0v) is 9.10. The van der Waals surface area contributed by atoms with E-state index in [1.54, 1.807) is 30.3 Å². The molecule has 1 aromatic carbocycles. The van der Waals surface area contributed by atoms with Crippen molar-refractivity contribution in [3.8, 4) is 0 Å². The number of carbonyl (C=O) groups excluding carboxylic acids is 2. The Morgan fingerprint density at radius 2 is 1.81 bits per heavy atom. The van der Waals surface area contributed by atoms with Gasteiger partial charge in [-0.15, -0.1) is 0 Å². The van der Waals surface area contributed by atoms with Crippen LogP contribution < -0.4 is 0 Å². The Kier molecular flexibility index (Phi) is 4.27. The highest BCUT2D eigenvalue weighted by Crippen LogP contribution is 2.05. The summed E-state index contributed by atoms with van der Waals surface area (Å²) in [6, 6.07) is 8.53. The maximum absolute atomic E-state index is 11.5. The summed E-state index contributed by atoms with van der Waals surface area (Å²) in [6.45, 7) is 1.51. The fourth-order valence-electron chi connectivity index (χ4n) is 1.03. The van der Waals surface area contributed by atoms with Gasteiger partial charge in [0.1, 0.15) is 5.76 Å². The van der Waals surface area contributed by atoms with Crippen molar-refractivity contribution in [1.82, 2.24) is 0 Å². The van der Waals surface area contributed by atoms with Gasteiger partial charge >= 0.3 is 11.9 Å². The quantitative estimate of drug-likeness (QED) is 0.443. The molecule has 0 saturated heterocycles. The summed E-state index contributed by atoms with van der Waals surface area (Å²) in [5.41, 5.74) is 0.431. The first-order chi connectivity index (χ1) is 7.63. The van der Waals surface area contributed by atoms with E-state index in [-0.39, 0.29) is 5.76 Å². The molecule has 0 heterocycles. The number of benzene rings is 1. The Labute approximate surface area is 93.5 Å². The summed E-state index contributed by atoms with van der Waals surface area (Å²) in [5.74, 6) is -0.864. The van der Waals surface area contributed by atoms with E-state index in [2.05, 4.69) is 4.74 Å². The first-order valence-electron chi connectivity index (χ1n) is 4.67. The molecule has 0 aliphatic rings. The molecule has 16 heavy (non-hydrogen) atoms. The van der Waals surface area contributed by atoms with E-state index in [1.807, 2.05) is 0 Å². The van der Waals surface area contributed by atoms with Crippen LogP contribution in [0.5, 0.6) is 0 Å². The molecule has 84 valence electrons. The second-order valence-corrected chi connectivity index (χ2v) is 3.03. The second kappa shape index (κ2) is 5.70. The number of carbonyl (C=O) groups is 2. The number of hydrogen-bond acceptors (Lipinski definition) is 4. The Balaban J connectivity index is 2.66. The molecule has 0 unspecified atom stereocenters. The Morgan fingerprint density at radius 3 is 2.38 bits per heavy atom. The van der Waals surface area contributed by atoms with Gasteiger partial charge in [0.25, 0.3) is 0 Å². The molecule has 4 heteroatoms. The minimum Gasteiger partial charge on any atom is -0.466 e. The van der Waals surface area contributed by atoms with Crippen molar-refractivity contribution < 1.29 is 19.1 Å². The van der Waals surface area contributed by atoms with Crippen molar-refractivity contribution in [1.29, 1.82) is 0 Å². The molecule has 0 aliphatic heterocycles. The van der Waals surface area contributed by atoms with Crippen molar-refractivity contribution >= 4 is 11.9 Å². The van der Waals surface area contributed by atoms with E-state index >= 15 is 0 Å². The largest absolute Gasteiger partial charge is 0.466 e. The van der Waals surface area contributed by atoms with Crippen molar-refractivity contribution in [2.24, 2.45) is 0 Å². The minimum absolute atomic E-state index is 0.195. The van der Waals surface area contributed by atoms with Crippen LogP contribution in [0.3, 0.4) is 0 Å². The molecule has 0 saturated carbocycles. The molecule has 1 aromatic rings. The molecule has 0 amide bonds. The normalized spacial score (nSPS) is 10.8. The van der Waals surface area contributed by atoms with Gasteiger partial charge < -0.3 is 9.47 Å². The zero-order chi connectivity index (χ0) is 12.0. The lowest BCUT2D eigenvalue weighted by atomic mass is 10.2. The molecule has 0 bridgehead atoms. The van der Waals surface area contributed by atoms with Crippen molar-refractivity contribution in [2.45, 2.75) is 6.92 Å². The number of rotatable bonds is 3. The molecule has 0 fully saturated rings. The summed E-state index contributed by atoms with van der Waals surface area (Å²) >= 11 is 0. The molecule has 0 aliphatic carbocycles. The summed E-state index contributed by atoms with van der Waals surface area (Å²) in [6.07, 6.45) is 1.11. The average Bonchev–Trinajstić information content (AvgIpc) is 2.29. The standard InChI is InChI=1S/C12H12O4/c1-9(8-11(13)15-2)16-12(14)10-6-4-3-5-7-10/h3-8H,1-2H3. The van der Waals surface area contributed by atoms with Gasteiger partial charge in [-0.1, -0.05) is 18.2 Å². The molecule has 0 radical (unpaired) electrons. The molecule has 0 spiro atoms. The molecule has 0 atom stereocenters. The van der Waals surface area contributed by atoms with E-state index in [0.717, 1.165) is 6.08 Å². The maximum atomic E-state index is 11.5. The predicted molar refractivity (Wildman–Crippen MR) is 57.6 cm³/mol. The van der Waals surface area contributed by atoms with Gasteiger partial charge in [0.05, 0.1) is 18.7 Å². The highest BCUT2D eigenvalue weighted by molar-refractivity contribution is 5.90. The topological polar surface area (TPSA) is 52.6 Å². The van der Waals surface area contributed by atoms with Gasteiger partial charge in [-0.3, -0.25) is 0 Å². The first kappa shape index (κ1) is 12.0. The van der Waals surface area contributed by atoms with Crippen LogP contribution in [0.2, 0.25) is 0 Å². The van der Waals surface area contributed by atoms with Crippen molar-refractivity contribution in [2.75, 3.05) is 7.11 Å². The van der Waals surface area contributed by atoms with Gasteiger partial charge in [-0.2, -0.15) is 0 Å². The SMILES string of the molecule is COC(=O)C=C(C)OC(=O)c1ccccc1. The Morgan fingerprint density at radius 1 is 1.19 bits per heavy atom. The van der Waals surface area contributed by atoms with E-state index in [9.17, 15) is 9.59 Å². The molecule has 1 rings (SSSR count). The molecular formula is C12H12O4. The second-order valence-electron chi connectivity index (χ2n) is 3.03. The fourth-order valence-corrected chi connectivity index (χ4v) is 1.03. The summed E-state index contributed by atoms with van der Waals surface area (Å²) in [7, 11) is 1.26. The van der Waals surface area contributed by atoms with E-state index in [0.29, 0.717) is 5.56 Å². The minimum atomic E-state index is -0.557. The van der Waals surface area contributed by atoms with Crippen LogP contribution in [0.15, 0.2) is 42.2 Å². The monoisotopic (exact) mass is 220 g/mol. The summed E-state index contributed by atoms with van der Waals surface area (Å²) in [4.78, 5) is 22.4. The first-order valence-corrected chi connectivity index (χ1v) is 4.67. The fraction of sp³-hybridized carbons (Fsp3) is 0.167. The van der Waals surface area contributed by atoms with Crippen LogP contribution in [0, 0.1) is 0 Å². The average molecular weight is 220 g/mol. The number of esters is 2. The van der Waals surface area contributed by atoms with Crippen molar-refractivity contribution in [3.63, 3.8) is 0 Å². The molecule has 0 aromatic heterocycles. The lowest BCUT2D eigenvalue weighted by Gasteiger charge is -2.03. The smallest absolute Gasteiger partial charge is 0.343 e. The van der Waals surface area contributed by atoms with Crippen LogP contribution >= 0.6 is 0 Å². The lowest BCUT2D eigenvalue weighted by molar-refractivity contribution is -0.135. The van der Waals surface area contributed by atoms with Crippen LogP contribution in [0.25, 0.3) is 0 Å². The van der Waals surface area contributed by atoms with Gasteiger partial charge in [0.15, 0.2) is 0 Å². The molecule has 4 nitrogen and oxygen atoms in total. The maximum Gasteiger partial charge on any atom is 0.343 e. The predicted octanol–water partition coefficient (Wildman–Crippen LogP) is 1.92. The van der Waals surface area contributed by atoms with Crippen LogP contribution in [0.1, 0.15) is 17.3 Å². The van der Waals surface area contributed by atoms with Gasteiger partial charge in [-0.05, 0) is 19.1 Å². The van der Waals surface area contributed by atoms with Crippen LogP contribution in [-0.4, -0.2) is 19.0 Å². The van der Waals surface area contributed by atoms with E-state index in [4.69, 9.17) is 4.74 Å². The van der Waals surface area contributed by atoms with Crippen LogP contribution in [0.4, 0.5) is 0 Å². The number of ether oxygens (including phenoxy) is 2. The summed E-state index contributed by atoms with van der Waals surface area (Å²) < 4.78 is 9.33. The lowest BCUT2D eigenvalue weighted by Crippen LogP contribution is -2.05. The summed E-state index contributed by atoms with van der Waals surface area (Å²) in [5, 5.41) is 0. The van der Waals surface area contributed by atoms with Gasteiger partial charge in [0, 0.05) is 0 Å². The third-order valence-corrected chi connectivity index (χ3v) is 1.79. The molecule has 0 N–H and O–H groups in total. The highest BCUT2D eigenvalue weighted by atomic mass is 16.5. The molecular weight excluding hydrogens is 208 g/mol. The number of allylic oxidation sites excluding steroid dienone is 1. The highest BCUT2D eigenvalue weighted by Gasteiger charge is 2.07. The van der Waals surface area contributed by atoms with E-state index in [1.165, 1.54) is 14.0 Å². The van der Waals surface area contributed by atoms with Crippen molar-refractivity contribution in [3.05, 3.63) is 47.7 Å². The third kappa shape index (κ3) is 3.57. The Bertz CT molecular complexity index is 406. The van der Waals surface area contributed by atoms with Gasteiger partial charge in [0.2, 0.25) is 0 Å². The Hall–Kier alpha value is -2.10. The van der Waals surface area contributed by atoms with E-state index < -0.39 is 11.9 Å².